The molecule has 2 aromatic heterocycles. The van der Waals surface area contributed by atoms with Gasteiger partial charge in [-0.2, -0.15) is 10.2 Å². The van der Waals surface area contributed by atoms with Gasteiger partial charge in [0.1, 0.15) is 0 Å². The van der Waals surface area contributed by atoms with Crippen LogP contribution < -0.4 is 0 Å². The highest BCUT2D eigenvalue weighted by Crippen LogP contribution is 2.12. The van der Waals surface area contributed by atoms with Crippen LogP contribution in [0.3, 0.4) is 0 Å². The predicted molar refractivity (Wildman–Crippen MR) is 87.5 cm³/mol. The van der Waals surface area contributed by atoms with E-state index in [-0.39, 0.29) is 5.91 Å². The number of nitrogens with zero attached hydrogens (tertiary/aromatic N) is 5. The molecular weight excluding hydrogens is 290 g/mol. The first kappa shape index (κ1) is 15.0. The van der Waals surface area contributed by atoms with Crippen molar-refractivity contribution in [2.75, 3.05) is 13.6 Å². The largest absolute Gasteiger partial charge is 0.338 e. The smallest absolute Gasteiger partial charge is 0.274 e. The van der Waals surface area contributed by atoms with Gasteiger partial charge in [-0.25, -0.2) is 4.68 Å². The predicted octanol–water partition coefficient (Wildman–Crippen LogP) is 2.15. The summed E-state index contributed by atoms with van der Waals surface area (Å²) in [5, 5.41) is 8.59. The summed E-state index contributed by atoms with van der Waals surface area (Å²) < 4.78 is 3.59. The van der Waals surface area contributed by atoms with Crippen molar-refractivity contribution in [3.63, 3.8) is 0 Å². The quantitative estimate of drug-likeness (QED) is 0.725. The SMILES string of the molecule is Cc1cc(C(=O)N(C)CCn2cccn2)nn1-c1ccccc1. The average Bonchev–Trinajstić information content (AvgIpc) is 3.22. The second-order valence-electron chi connectivity index (χ2n) is 5.41. The summed E-state index contributed by atoms with van der Waals surface area (Å²) in [6, 6.07) is 13.5. The van der Waals surface area contributed by atoms with Crippen molar-refractivity contribution in [2.45, 2.75) is 13.5 Å². The van der Waals surface area contributed by atoms with Crippen LogP contribution in [0.1, 0.15) is 16.2 Å². The van der Waals surface area contributed by atoms with Crippen LogP contribution in [0.15, 0.2) is 54.9 Å². The molecule has 0 spiro atoms. The summed E-state index contributed by atoms with van der Waals surface area (Å²) >= 11 is 0. The molecule has 0 atom stereocenters. The van der Waals surface area contributed by atoms with Gasteiger partial charge in [0.05, 0.1) is 12.2 Å². The Bertz CT molecular complexity index is 777. The third kappa shape index (κ3) is 3.31. The number of carbonyl (C=O) groups is 1. The van der Waals surface area contributed by atoms with Gasteiger partial charge < -0.3 is 4.90 Å². The highest BCUT2D eigenvalue weighted by Gasteiger charge is 2.17. The van der Waals surface area contributed by atoms with Gasteiger partial charge in [0.25, 0.3) is 5.91 Å². The molecule has 0 bridgehead atoms. The van der Waals surface area contributed by atoms with Gasteiger partial charge in [-0.05, 0) is 31.2 Å². The lowest BCUT2D eigenvalue weighted by Crippen LogP contribution is -2.30. The van der Waals surface area contributed by atoms with Crippen LogP contribution in [0.25, 0.3) is 5.69 Å². The van der Waals surface area contributed by atoms with E-state index in [0.29, 0.717) is 18.8 Å². The second kappa shape index (κ2) is 6.48. The molecule has 3 aromatic rings. The molecule has 0 saturated heterocycles. The van der Waals surface area contributed by atoms with Crippen molar-refractivity contribution in [1.82, 2.24) is 24.5 Å². The molecule has 0 saturated carbocycles. The van der Waals surface area contributed by atoms with Gasteiger partial charge >= 0.3 is 0 Å². The van der Waals surface area contributed by atoms with Crippen molar-refractivity contribution in [2.24, 2.45) is 0 Å². The van der Waals surface area contributed by atoms with Crippen molar-refractivity contribution in [1.29, 1.82) is 0 Å². The number of aromatic nitrogens is 4. The molecule has 6 nitrogen and oxygen atoms in total. The van der Waals surface area contributed by atoms with Crippen LogP contribution in [0.5, 0.6) is 0 Å². The zero-order valence-corrected chi connectivity index (χ0v) is 13.3. The number of carbonyl (C=O) groups excluding carboxylic acids is 1. The van der Waals surface area contributed by atoms with E-state index in [1.807, 2.05) is 55.6 Å². The average molecular weight is 309 g/mol. The minimum atomic E-state index is -0.0880. The zero-order valence-electron chi connectivity index (χ0n) is 13.3. The molecule has 118 valence electrons. The number of hydrogen-bond acceptors (Lipinski definition) is 3. The summed E-state index contributed by atoms with van der Waals surface area (Å²) in [7, 11) is 1.78. The molecule has 3 rings (SSSR count). The van der Waals surface area contributed by atoms with E-state index in [9.17, 15) is 4.79 Å². The normalized spacial score (nSPS) is 10.7. The van der Waals surface area contributed by atoms with Crippen molar-refractivity contribution in [3.05, 3.63) is 66.2 Å². The van der Waals surface area contributed by atoms with Crippen molar-refractivity contribution >= 4 is 5.91 Å². The van der Waals surface area contributed by atoms with E-state index in [1.165, 1.54) is 0 Å². The zero-order chi connectivity index (χ0) is 16.2. The molecule has 0 fully saturated rings. The van der Waals surface area contributed by atoms with Crippen LogP contribution >= 0.6 is 0 Å². The molecule has 0 N–H and O–H groups in total. The highest BCUT2D eigenvalue weighted by atomic mass is 16.2. The molecule has 1 amide bonds. The third-order valence-corrected chi connectivity index (χ3v) is 3.68. The van der Waals surface area contributed by atoms with Gasteiger partial charge in [0, 0.05) is 31.7 Å². The summed E-state index contributed by atoms with van der Waals surface area (Å²) in [5.41, 5.74) is 2.33. The van der Waals surface area contributed by atoms with Gasteiger partial charge in [-0.15, -0.1) is 0 Å². The summed E-state index contributed by atoms with van der Waals surface area (Å²) in [6.45, 7) is 3.19. The standard InChI is InChI=1S/C17H19N5O/c1-14-13-16(19-22(14)15-7-4-3-5-8-15)17(23)20(2)11-12-21-10-6-9-18-21/h3-10,13H,11-12H2,1-2H3. The monoisotopic (exact) mass is 309 g/mol. The maximum Gasteiger partial charge on any atom is 0.274 e. The molecule has 0 aliphatic carbocycles. The third-order valence-electron chi connectivity index (χ3n) is 3.68. The van der Waals surface area contributed by atoms with Crippen molar-refractivity contribution in [3.8, 4) is 5.69 Å². The minimum absolute atomic E-state index is 0.0880. The Morgan fingerprint density at radius 2 is 2.00 bits per heavy atom. The number of para-hydroxylation sites is 1. The van der Waals surface area contributed by atoms with E-state index in [1.54, 1.807) is 27.5 Å². The lowest BCUT2D eigenvalue weighted by atomic mass is 10.3. The van der Waals surface area contributed by atoms with Gasteiger partial charge in [0.2, 0.25) is 0 Å². The number of amides is 1. The Morgan fingerprint density at radius 3 is 2.70 bits per heavy atom. The first-order valence-electron chi connectivity index (χ1n) is 7.50. The minimum Gasteiger partial charge on any atom is -0.338 e. The topological polar surface area (TPSA) is 56.0 Å². The van der Waals surface area contributed by atoms with Gasteiger partial charge in [-0.1, -0.05) is 18.2 Å². The highest BCUT2D eigenvalue weighted by molar-refractivity contribution is 5.92. The van der Waals surface area contributed by atoms with Gasteiger partial charge in [-0.3, -0.25) is 9.48 Å². The van der Waals surface area contributed by atoms with Crippen LogP contribution in [-0.2, 0) is 6.54 Å². The Kier molecular flexibility index (Phi) is 4.23. The van der Waals surface area contributed by atoms with Crippen LogP contribution in [0.4, 0.5) is 0 Å². The van der Waals surface area contributed by atoms with E-state index in [0.717, 1.165) is 11.4 Å². The van der Waals surface area contributed by atoms with Crippen LogP contribution in [0.2, 0.25) is 0 Å². The van der Waals surface area contributed by atoms with Crippen molar-refractivity contribution < 1.29 is 4.79 Å². The molecule has 0 radical (unpaired) electrons. The summed E-state index contributed by atoms with van der Waals surface area (Å²) in [5.74, 6) is -0.0880. The number of hydrogen-bond donors (Lipinski definition) is 0. The van der Waals surface area contributed by atoms with Gasteiger partial charge in [0.15, 0.2) is 5.69 Å². The second-order valence-corrected chi connectivity index (χ2v) is 5.41. The maximum absolute atomic E-state index is 12.5. The van der Waals surface area contributed by atoms with E-state index < -0.39 is 0 Å². The number of aryl methyl sites for hydroxylation is 1. The molecule has 0 unspecified atom stereocenters. The van der Waals surface area contributed by atoms with E-state index in [2.05, 4.69) is 10.2 Å². The van der Waals surface area contributed by atoms with E-state index in [4.69, 9.17) is 0 Å². The fourth-order valence-corrected chi connectivity index (χ4v) is 2.39. The lowest BCUT2D eigenvalue weighted by Gasteiger charge is -2.15. The first-order valence-corrected chi connectivity index (χ1v) is 7.50. The molecule has 0 aliphatic rings. The summed E-state index contributed by atoms with van der Waals surface area (Å²) in [6.07, 6.45) is 3.61. The first-order chi connectivity index (χ1) is 11.1. The number of benzene rings is 1. The molecule has 6 heteroatoms. The number of rotatable bonds is 5. The Hall–Kier alpha value is -2.89. The molecule has 2 heterocycles. The molecule has 0 aliphatic heterocycles. The Labute approximate surface area is 135 Å². The molecule has 23 heavy (non-hydrogen) atoms. The van der Waals surface area contributed by atoms with Crippen LogP contribution in [-0.4, -0.2) is 44.0 Å². The fraction of sp³-hybridized carbons (Fsp3) is 0.235. The summed E-state index contributed by atoms with van der Waals surface area (Å²) in [4.78, 5) is 14.2. The fourth-order valence-electron chi connectivity index (χ4n) is 2.39. The van der Waals surface area contributed by atoms with E-state index >= 15 is 0 Å². The Balaban J connectivity index is 1.72. The Morgan fingerprint density at radius 1 is 1.22 bits per heavy atom. The molecule has 1 aromatic carbocycles. The maximum atomic E-state index is 12.5. The lowest BCUT2D eigenvalue weighted by molar-refractivity contribution is 0.0782. The van der Waals surface area contributed by atoms with Crippen LogP contribution in [0, 0.1) is 6.92 Å². The number of likely N-dealkylation sites (N-methyl/N-ethyl adjacent to an activating group) is 1. The molecular formula is C17H19N5O.